The minimum atomic E-state index is -0.581. The molecule has 3 fully saturated rings. The molecule has 26 heavy (non-hydrogen) atoms. The fourth-order valence-electron chi connectivity index (χ4n) is 5.20. The molecule has 140 valence electrons. The molecule has 3 aliphatic rings. The van der Waals surface area contributed by atoms with Crippen LogP contribution in [0.5, 0.6) is 0 Å². The SMILES string of the molecule is O=C(CC1CCCC1)N1CCCC12CCCN(Cc1ccccn1)C2=O. The fraction of sp³-hybridized carbons (Fsp3) is 0.667. The number of hydrogen-bond donors (Lipinski definition) is 0. The molecule has 0 radical (unpaired) electrons. The minimum absolute atomic E-state index is 0.145. The Hall–Kier alpha value is -1.91. The van der Waals surface area contributed by atoms with Crippen LogP contribution >= 0.6 is 0 Å². The summed E-state index contributed by atoms with van der Waals surface area (Å²) in [6.07, 6.45) is 10.8. The summed E-state index contributed by atoms with van der Waals surface area (Å²) in [5.74, 6) is 0.887. The molecule has 1 saturated carbocycles. The maximum absolute atomic E-state index is 13.4. The molecular formula is C21H29N3O2. The largest absolute Gasteiger partial charge is 0.335 e. The summed E-state index contributed by atoms with van der Waals surface area (Å²) in [6, 6.07) is 5.81. The zero-order chi connectivity index (χ0) is 18.0. The van der Waals surface area contributed by atoms with Gasteiger partial charge in [-0.1, -0.05) is 18.9 Å². The van der Waals surface area contributed by atoms with E-state index in [4.69, 9.17) is 0 Å². The molecule has 2 amide bonds. The molecule has 2 saturated heterocycles. The molecule has 1 atom stereocenters. The first kappa shape index (κ1) is 17.5. The van der Waals surface area contributed by atoms with Crippen molar-refractivity contribution in [3.05, 3.63) is 30.1 Å². The van der Waals surface area contributed by atoms with Crippen molar-refractivity contribution in [1.82, 2.24) is 14.8 Å². The van der Waals surface area contributed by atoms with Crippen molar-refractivity contribution >= 4 is 11.8 Å². The maximum atomic E-state index is 13.4. The minimum Gasteiger partial charge on any atom is -0.335 e. The van der Waals surface area contributed by atoms with Crippen molar-refractivity contribution in [2.24, 2.45) is 5.92 Å². The van der Waals surface area contributed by atoms with E-state index in [1.807, 2.05) is 28.0 Å². The van der Waals surface area contributed by atoms with E-state index in [0.29, 0.717) is 18.9 Å². The first-order valence-corrected chi connectivity index (χ1v) is 10.2. The standard InChI is InChI=1S/C21H29N3O2/c25-19(15-17-7-1-2-8-17)24-14-6-11-21(24)10-5-13-23(20(21)26)16-18-9-3-4-12-22-18/h3-4,9,12,17H,1-2,5-8,10-11,13-16H2. The Balaban J connectivity index is 1.49. The van der Waals surface area contributed by atoms with Crippen molar-refractivity contribution < 1.29 is 9.59 Å². The summed E-state index contributed by atoms with van der Waals surface area (Å²) in [7, 11) is 0. The summed E-state index contributed by atoms with van der Waals surface area (Å²) < 4.78 is 0. The van der Waals surface area contributed by atoms with Gasteiger partial charge >= 0.3 is 0 Å². The van der Waals surface area contributed by atoms with E-state index in [1.54, 1.807) is 6.20 Å². The molecule has 0 aromatic carbocycles. The predicted molar refractivity (Wildman–Crippen MR) is 99.1 cm³/mol. The molecule has 3 heterocycles. The average molecular weight is 355 g/mol. The van der Waals surface area contributed by atoms with Gasteiger partial charge in [0.15, 0.2) is 0 Å². The molecule has 1 aliphatic carbocycles. The van der Waals surface area contributed by atoms with Gasteiger partial charge in [0.25, 0.3) is 0 Å². The van der Waals surface area contributed by atoms with E-state index in [1.165, 1.54) is 25.7 Å². The van der Waals surface area contributed by atoms with E-state index in [0.717, 1.165) is 44.5 Å². The van der Waals surface area contributed by atoms with Crippen LogP contribution < -0.4 is 0 Å². The second kappa shape index (κ2) is 7.37. The maximum Gasteiger partial charge on any atom is 0.248 e. The normalized spacial score (nSPS) is 26.8. The van der Waals surface area contributed by atoms with Gasteiger partial charge < -0.3 is 9.80 Å². The van der Waals surface area contributed by atoms with Crippen molar-refractivity contribution in [3.8, 4) is 0 Å². The van der Waals surface area contributed by atoms with E-state index in [-0.39, 0.29) is 11.8 Å². The number of piperidine rings is 1. The Kier molecular flexibility index (Phi) is 4.96. The lowest BCUT2D eigenvalue weighted by atomic mass is 9.84. The number of pyridine rings is 1. The highest BCUT2D eigenvalue weighted by molar-refractivity contribution is 5.92. The summed E-state index contributed by atoms with van der Waals surface area (Å²) >= 11 is 0. The lowest BCUT2D eigenvalue weighted by Crippen LogP contribution is -2.61. The Morgan fingerprint density at radius 2 is 1.88 bits per heavy atom. The van der Waals surface area contributed by atoms with Crippen molar-refractivity contribution in [2.75, 3.05) is 13.1 Å². The number of rotatable bonds is 4. The molecule has 0 N–H and O–H groups in total. The average Bonchev–Trinajstić information content (AvgIpc) is 3.30. The van der Waals surface area contributed by atoms with Crippen LogP contribution in [-0.4, -0.2) is 45.2 Å². The van der Waals surface area contributed by atoms with Crippen LogP contribution in [0.25, 0.3) is 0 Å². The third kappa shape index (κ3) is 3.24. The van der Waals surface area contributed by atoms with Gasteiger partial charge in [-0.05, 0) is 56.6 Å². The first-order valence-electron chi connectivity index (χ1n) is 10.2. The first-order chi connectivity index (χ1) is 12.7. The number of amides is 2. The van der Waals surface area contributed by atoms with Gasteiger partial charge in [-0.3, -0.25) is 14.6 Å². The summed E-state index contributed by atoms with van der Waals surface area (Å²) in [5, 5.41) is 0. The van der Waals surface area contributed by atoms with Gasteiger partial charge in [-0.15, -0.1) is 0 Å². The molecule has 5 nitrogen and oxygen atoms in total. The number of hydrogen-bond acceptors (Lipinski definition) is 3. The molecule has 4 rings (SSSR count). The van der Waals surface area contributed by atoms with Gasteiger partial charge in [0.1, 0.15) is 5.54 Å². The summed E-state index contributed by atoms with van der Waals surface area (Å²) in [5.41, 5.74) is 0.336. The summed E-state index contributed by atoms with van der Waals surface area (Å²) in [4.78, 5) is 34.7. The fourth-order valence-corrected chi connectivity index (χ4v) is 5.20. The molecule has 5 heteroatoms. The monoisotopic (exact) mass is 355 g/mol. The molecule has 1 unspecified atom stereocenters. The highest BCUT2D eigenvalue weighted by atomic mass is 16.2. The second-order valence-electron chi connectivity index (χ2n) is 8.19. The summed E-state index contributed by atoms with van der Waals surface area (Å²) in [6.45, 7) is 2.06. The Bertz CT molecular complexity index is 656. The molecule has 0 bridgehead atoms. The zero-order valence-corrected chi connectivity index (χ0v) is 15.5. The van der Waals surface area contributed by atoms with Crippen molar-refractivity contribution in [3.63, 3.8) is 0 Å². The zero-order valence-electron chi connectivity index (χ0n) is 15.5. The molecular weight excluding hydrogens is 326 g/mol. The number of likely N-dealkylation sites (tertiary alicyclic amines) is 2. The quantitative estimate of drug-likeness (QED) is 0.834. The third-order valence-corrected chi connectivity index (χ3v) is 6.51. The highest BCUT2D eigenvalue weighted by Crippen LogP contribution is 2.40. The van der Waals surface area contributed by atoms with Crippen molar-refractivity contribution in [2.45, 2.75) is 69.9 Å². The van der Waals surface area contributed by atoms with Gasteiger partial charge in [-0.25, -0.2) is 0 Å². The lowest BCUT2D eigenvalue weighted by molar-refractivity contribution is -0.156. The van der Waals surface area contributed by atoms with Gasteiger partial charge in [-0.2, -0.15) is 0 Å². The van der Waals surface area contributed by atoms with Crippen LogP contribution in [0.15, 0.2) is 24.4 Å². The Morgan fingerprint density at radius 3 is 2.62 bits per heavy atom. The number of nitrogens with zero attached hydrogens (tertiary/aromatic N) is 3. The second-order valence-corrected chi connectivity index (χ2v) is 8.19. The molecule has 1 aromatic rings. The van der Waals surface area contributed by atoms with Crippen LogP contribution in [0.1, 0.15) is 63.5 Å². The van der Waals surface area contributed by atoms with Crippen LogP contribution in [0.4, 0.5) is 0 Å². The number of aromatic nitrogens is 1. The topological polar surface area (TPSA) is 53.5 Å². The van der Waals surface area contributed by atoms with Gasteiger partial charge in [0.05, 0.1) is 12.2 Å². The smallest absolute Gasteiger partial charge is 0.248 e. The van der Waals surface area contributed by atoms with E-state index >= 15 is 0 Å². The van der Waals surface area contributed by atoms with Crippen LogP contribution in [-0.2, 0) is 16.1 Å². The van der Waals surface area contributed by atoms with Crippen LogP contribution in [0.3, 0.4) is 0 Å². The Morgan fingerprint density at radius 1 is 1.12 bits per heavy atom. The van der Waals surface area contributed by atoms with E-state index in [2.05, 4.69) is 4.98 Å². The molecule has 2 aliphatic heterocycles. The highest BCUT2D eigenvalue weighted by Gasteiger charge is 2.52. The lowest BCUT2D eigenvalue weighted by Gasteiger charge is -2.44. The van der Waals surface area contributed by atoms with Crippen LogP contribution in [0.2, 0.25) is 0 Å². The predicted octanol–water partition coefficient (Wildman–Crippen LogP) is 3.15. The van der Waals surface area contributed by atoms with E-state index in [9.17, 15) is 9.59 Å². The number of carbonyl (C=O) groups is 2. The number of carbonyl (C=O) groups excluding carboxylic acids is 2. The van der Waals surface area contributed by atoms with Gasteiger partial charge in [0.2, 0.25) is 11.8 Å². The molecule has 1 aromatic heterocycles. The third-order valence-electron chi connectivity index (χ3n) is 6.51. The van der Waals surface area contributed by atoms with Gasteiger partial charge in [0, 0.05) is 25.7 Å². The van der Waals surface area contributed by atoms with E-state index < -0.39 is 5.54 Å². The molecule has 1 spiro atoms. The Labute approximate surface area is 155 Å². The van der Waals surface area contributed by atoms with Crippen LogP contribution in [0, 0.1) is 5.92 Å². The van der Waals surface area contributed by atoms with Crippen molar-refractivity contribution in [1.29, 1.82) is 0 Å².